The predicted octanol–water partition coefficient (Wildman–Crippen LogP) is 3.74. The van der Waals surface area contributed by atoms with Crippen molar-refractivity contribution in [3.05, 3.63) is 53.9 Å². The fourth-order valence-electron chi connectivity index (χ4n) is 2.22. The predicted molar refractivity (Wildman–Crippen MR) is 94.6 cm³/mol. The van der Waals surface area contributed by atoms with Gasteiger partial charge in [0.25, 0.3) is 0 Å². The number of hydrogen-bond acceptors (Lipinski definition) is 3. The zero-order chi connectivity index (χ0) is 17.7. The summed E-state index contributed by atoms with van der Waals surface area (Å²) in [6.07, 6.45) is 4.95. The van der Waals surface area contributed by atoms with E-state index in [1.165, 1.54) is 6.20 Å². The molecule has 0 bridgehead atoms. The average molecular weight is 322 g/mol. The summed E-state index contributed by atoms with van der Waals surface area (Å²) in [6, 6.07) is 5.54. The topological polar surface area (TPSA) is 59.2 Å². The lowest BCUT2D eigenvalue weighted by Gasteiger charge is -2.24. The molecule has 0 atom stereocenters. The standard InChI is InChI=1S/C19H22N4O/c1-13(2)9-23-18(24)19(3,4)17-7-6-14(11-22-17)15-8-16(20-5)12-21-10-15/h6-8,10-13H,9H2,1-4H3,(H,23,24). The number of hydrogen-bond donors (Lipinski definition) is 1. The maximum atomic E-state index is 12.4. The van der Waals surface area contributed by atoms with Crippen LogP contribution in [0.3, 0.4) is 0 Å². The molecule has 0 aromatic carbocycles. The minimum absolute atomic E-state index is 0.0341. The highest BCUT2D eigenvalue weighted by molar-refractivity contribution is 5.86. The SMILES string of the molecule is [C-]#[N+]c1cncc(-c2ccc(C(C)(C)C(=O)NCC(C)C)nc2)c1. The Hall–Kier alpha value is -2.74. The van der Waals surface area contributed by atoms with Crippen molar-refractivity contribution < 1.29 is 4.79 Å². The van der Waals surface area contributed by atoms with Crippen molar-refractivity contribution in [1.29, 1.82) is 0 Å². The molecule has 1 amide bonds. The number of aromatic nitrogens is 2. The van der Waals surface area contributed by atoms with Crippen LogP contribution in [0.25, 0.3) is 16.0 Å². The van der Waals surface area contributed by atoms with Crippen LogP contribution in [-0.2, 0) is 10.2 Å². The van der Waals surface area contributed by atoms with Crippen LogP contribution in [0.2, 0.25) is 0 Å². The minimum atomic E-state index is -0.704. The van der Waals surface area contributed by atoms with Crippen molar-refractivity contribution in [2.45, 2.75) is 33.1 Å². The Bertz CT molecular complexity index is 758. The fraction of sp³-hybridized carbons (Fsp3) is 0.368. The van der Waals surface area contributed by atoms with Crippen LogP contribution in [0.4, 0.5) is 5.69 Å². The summed E-state index contributed by atoms with van der Waals surface area (Å²) < 4.78 is 0. The van der Waals surface area contributed by atoms with Gasteiger partial charge in [-0.25, -0.2) is 4.85 Å². The van der Waals surface area contributed by atoms with Gasteiger partial charge in [0.1, 0.15) is 0 Å². The van der Waals surface area contributed by atoms with Crippen LogP contribution >= 0.6 is 0 Å². The molecule has 0 fully saturated rings. The Kier molecular flexibility index (Phi) is 5.30. The fourth-order valence-corrected chi connectivity index (χ4v) is 2.22. The number of nitrogens with one attached hydrogen (secondary N) is 1. The number of amides is 1. The monoisotopic (exact) mass is 322 g/mol. The second-order valence-electron chi connectivity index (χ2n) is 6.70. The van der Waals surface area contributed by atoms with E-state index < -0.39 is 5.41 Å². The molecule has 2 heterocycles. The van der Waals surface area contributed by atoms with Gasteiger partial charge in [-0.1, -0.05) is 19.9 Å². The maximum Gasteiger partial charge on any atom is 0.231 e. The molecule has 0 saturated heterocycles. The lowest BCUT2D eigenvalue weighted by Crippen LogP contribution is -2.42. The maximum absolute atomic E-state index is 12.4. The second-order valence-corrected chi connectivity index (χ2v) is 6.70. The number of carbonyl (C=O) groups is 1. The lowest BCUT2D eigenvalue weighted by molar-refractivity contribution is -0.125. The number of pyridine rings is 2. The van der Waals surface area contributed by atoms with Crippen molar-refractivity contribution in [3.8, 4) is 11.1 Å². The molecule has 24 heavy (non-hydrogen) atoms. The van der Waals surface area contributed by atoms with E-state index in [-0.39, 0.29) is 5.91 Å². The van der Waals surface area contributed by atoms with E-state index in [9.17, 15) is 4.79 Å². The van der Waals surface area contributed by atoms with Gasteiger partial charge in [-0.2, -0.15) is 0 Å². The molecule has 0 saturated carbocycles. The van der Waals surface area contributed by atoms with Gasteiger partial charge in [0, 0.05) is 30.7 Å². The molecule has 0 aliphatic heterocycles. The third-order valence-corrected chi connectivity index (χ3v) is 3.83. The van der Waals surface area contributed by atoms with Gasteiger partial charge in [0.05, 0.1) is 17.7 Å². The van der Waals surface area contributed by atoms with Crippen LogP contribution in [0.15, 0.2) is 36.8 Å². The van der Waals surface area contributed by atoms with Gasteiger partial charge in [-0.15, -0.1) is 0 Å². The largest absolute Gasteiger partial charge is 0.355 e. The van der Waals surface area contributed by atoms with Crippen molar-refractivity contribution in [1.82, 2.24) is 15.3 Å². The highest BCUT2D eigenvalue weighted by Gasteiger charge is 2.31. The van der Waals surface area contributed by atoms with Gasteiger partial charge in [0.2, 0.25) is 11.6 Å². The average Bonchev–Trinajstić information content (AvgIpc) is 2.59. The molecule has 2 aromatic heterocycles. The number of rotatable bonds is 5. The van der Waals surface area contributed by atoms with Gasteiger partial charge < -0.3 is 5.32 Å². The summed E-state index contributed by atoms with van der Waals surface area (Å²) in [5, 5.41) is 2.96. The molecule has 0 radical (unpaired) electrons. The van der Waals surface area contributed by atoms with Gasteiger partial charge in [-0.3, -0.25) is 14.8 Å². The van der Waals surface area contributed by atoms with E-state index in [1.807, 2.05) is 26.0 Å². The van der Waals surface area contributed by atoms with E-state index in [0.29, 0.717) is 23.8 Å². The molecular formula is C19H22N4O. The Balaban J connectivity index is 2.21. The quantitative estimate of drug-likeness (QED) is 0.853. The second kappa shape index (κ2) is 7.22. The molecule has 1 N–H and O–H groups in total. The summed E-state index contributed by atoms with van der Waals surface area (Å²) in [5.41, 5.74) is 2.20. The molecule has 124 valence electrons. The Morgan fingerprint density at radius 1 is 1.25 bits per heavy atom. The molecular weight excluding hydrogens is 300 g/mol. The molecule has 5 nitrogen and oxygen atoms in total. The van der Waals surface area contributed by atoms with Crippen LogP contribution in [0, 0.1) is 12.5 Å². The Labute approximate surface area is 143 Å². The molecule has 0 aliphatic rings. The van der Waals surface area contributed by atoms with E-state index >= 15 is 0 Å². The first-order valence-corrected chi connectivity index (χ1v) is 7.92. The van der Waals surface area contributed by atoms with Crippen molar-refractivity contribution in [2.24, 2.45) is 5.92 Å². The molecule has 0 unspecified atom stereocenters. The van der Waals surface area contributed by atoms with Crippen LogP contribution in [0.5, 0.6) is 0 Å². The third-order valence-electron chi connectivity index (χ3n) is 3.83. The van der Waals surface area contributed by atoms with Crippen LogP contribution < -0.4 is 5.32 Å². The first kappa shape index (κ1) is 17.6. The zero-order valence-corrected chi connectivity index (χ0v) is 14.5. The summed E-state index contributed by atoms with van der Waals surface area (Å²) in [7, 11) is 0. The summed E-state index contributed by atoms with van der Waals surface area (Å²) in [5.74, 6) is 0.371. The summed E-state index contributed by atoms with van der Waals surface area (Å²) in [4.78, 5) is 24.3. The molecule has 2 aromatic rings. The van der Waals surface area contributed by atoms with Crippen LogP contribution in [-0.4, -0.2) is 22.4 Å². The smallest absolute Gasteiger partial charge is 0.231 e. The van der Waals surface area contributed by atoms with Crippen LogP contribution in [0.1, 0.15) is 33.4 Å². The zero-order valence-electron chi connectivity index (χ0n) is 14.5. The first-order valence-electron chi connectivity index (χ1n) is 7.92. The van der Waals surface area contributed by atoms with Gasteiger partial charge >= 0.3 is 0 Å². The highest BCUT2D eigenvalue weighted by Crippen LogP contribution is 2.26. The van der Waals surface area contributed by atoms with E-state index in [4.69, 9.17) is 6.57 Å². The number of nitrogens with zero attached hydrogens (tertiary/aromatic N) is 3. The number of carbonyl (C=O) groups excluding carboxylic acids is 1. The Morgan fingerprint density at radius 3 is 2.58 bits per heavy atom. The van der Waals surface area contributed by atoms with E-state index in [1.54, 1.807) is 18.5 Å². The lowest BCUT2D eigenvalue weighted by atomic mass is 9.87. The van der Waals surface area contributed by atoms with Gasteiger partial charge in [0.15, 0.2) is 0 Å². The van der Waals surface area contributed by atoms with E-state index in [0.717, 1.165) is 11.1 Å². The summed E-state index contributed by atoms with van der Waals surface area (Å²) in [6.45, 7) is 15.6. The Morgan fingerprint density at radius 2 is 2.00 bits per heavy atom. The highest BCUT2D eigenvalue weighted by atomic mass is 16.2. The van der Waals surface area contributed by atoms with E-state index in [2.05, 4.69) is 34.0 Å². The molecule has 2 rings (SSSR count). The molecule has 5 heteroatoms. The van der Waals surface area contributed by atoms with Crippen molar-refractivity contribution >= 4 is 11.6 Å². The third kappa shape index (κ3) is 3.96. The molecule has 0 aliphatic carbocycles. The normalized spacial score (nSPS) is 11.2. The molecule has 0 spiro atoms. The van der Waals surface area contributed by atoms with Crippen molar-refractivity contribution in [2.75, 3.05) is 6.54 Å². The summed E-state index contributed by atoms with van der Waals surface area (Å²) >= 11 is 0. The van der Waals surface area contributed by atoms with Crippen molar-refractivity contribution in [3.63, 3.8) is 0 Å². The van der Waals surface area contributed by atoms with Gasteiger partial charge in [-0.05, 0) is 37.5 Å². The first-order chi connectivity index (χ1) is 11.3. The minimum Gasteiger partial charge on any atom is -0.355 e.